The lowest BCUT2D eigenvalue weighted by atomic mass is 9.88. The molecular weight excluding hydrogens is 425 g/mol. The molecule has 172 valence electrons. The van der Waals surface area contributed by atoms with Crippen molar-refractivity contribution in [1.82, 2.24) is 4.90 Å². The zero-order valence-corrected chi connectivity index (χ0v) is 19.1. The molecule has 2 heterocycles. The van der Waals surface area contributed by atoms with Gasteiger partial charge in [0.15, 0.2) is 5.78 Å². The number of ketones is 1. The minimum atomic E-state index is -0.240. The third-order valence-corrected chi connectivity index (χ3v) is 6.69. The first kappa shape index (κ1) is 22.3. The number of carbonyl (C=O) groups is 1. The first-order chi connectivity index (χ1) is 16.7. The van der Waals surface area contributed by atoms with Crippen LogP contribution in [0.3, 0.4) is 0 Å². The zero-order chi connectivity index (χ0) is 23.3. The number of rotatable bonds is 7. The molecule has 4 aromatic rings. The summed E-state index contributed by atoms with van der Waals surface area (Å²) in [6.45, 7) is 2.54. The molecule has 0 saturated carbocycles. The highest BCUT2D eigenvalue weighted by atomic mass is 19.1. The summed E-state index contributed by atoms with van der Waals surface area (Å²) in [5.74, 6) is -0.255. The normalized spacial score (nSPS) is 15.6. The first-order valence-electron chi connectivity index (χ1n) is 11.9. The third kappa shape index (κ3) is 4.87. The Kier molecular flexibility index (Phi) is 6.68. The molecule has 0 fully saturated rings. The lowest BCUT2D eigenvalue weighted by Crippen LogP contribution is -2.28. The summed E-state index contributed by atoms with van der Waals surface area (Å²) in [5.41, 5.74) is 4.54. The molecule has 1 aliphatic rings. The van der Waals surface area contributed by atoms with Crippen LogP contribution in [-0.2, 0) is 0 Å². The molecule has 0 amide bonds. The lowest BCUT2D eigenvalue weighted by Gasteiger charge is -2.23. The maximum absolute atomic E-state index is 14.2. The Morgan fingerprint density at radius 3 is 2.56 bits per heavy atom. The van der Waals surface area contributed by atoms with Crippen LogP contribution in [0, 0.1) is 5.82 Å². The Bertz CT molecular complexity index is 1290. The Labute approximate surface area is 199 Å². The van der Waals surface area contributed by atoms with E-state index >= 15 is 0 Å². The Morgan fingerprint density at radius 1 is 1.00 bits per heavy atom. The predicted octanol–water partition coefficient (Wildman–Crippen LogP) is 7.11. The number of fused-ring (bicyclic) bond motifs is 1. The van der Waals surface area contributed by atoms with Gasteiger partial charge in [0, 0.05) is 29.0 Å². The van der Waals surface area contributed by atoms with Crippen molar-refractivity contribution >= 4 is 22.3 Å². The van der Waals surface area contributed by atoms with Crippen LogP contribution in [0.4, 0.5) is 4.39 Å². The molecule has 0 saturated heterocycles. The fraction of sp³-hybridized carbons (Fsp3) is 0.233. The van der Waals surface area contributed by atoms with Crippen LogP contribution in [0.2, 0.25) is 0 Å². The standard InChI is InChI=1S/C30H28FNO2/c31-26-20-25-15-19-34-30(25)28(21-26)23-12-7-16-32(17-13-23)18-14-27(22-8-3-1-4-9-22)29(33)24-10-5-2-6-11-24/h1-6,8-11,13,15,19-21,27H,7,12,14,16-18H2. The van der Waals surface area contributed by atoms with Crippen LogP contribution in [0.5, 0.6) is 0 Å². The second-order valence-electron chi connectivity index (χ2n) is 8.91. The van der Waals surface area contributed by atoms with Crippen molar-refractivity contribution < 1.29 is 13.6 Å². The van der Waals surface area contributed by atoms with Crippen LogP contribution >= 0.6 is 0 Å². The number of hydrogen-bond donors (Lipinski definition) is 0. The molecule has 0 spiro atoms. The molecular formula is C30H28FNO2. The molecule has 34 heavy (non-hydrogen) atoms. The molecule has 0 aliphatic carbocycles. The summed E-state index contributed by atoms with van der Waals surface area (Å²) in [6, 6.07) is 24.5. The van der Waals surface area contributed by atoms with E-state index in [1.54, 1.807) is 18.4 Å². The van der Waals surface area contributed by atoms with Gasteiger partial charge in [-0.05, 0) is 61.7 Å². The Balaban J connectivity index is 1.33. The molecule has 0 radical (unpaired) electrons. The van der Waals surface area contributed by atoms with E-state index in [0.717, 1.165) is 72.1 Å². The smallest absolute Gasteiger partial charge is 0.170 e. The summed E-state index contributed by atoms with van der Waals surface area (Å²) < 4.78 is 19.8. The number of halogens is 1. The minimum absolute atomic E-state index is 0.165. The van der Waals surface area contributed by atoms with E-state index in [9.17, 15) is 9.18 Å². The quantitative estimate of drug-likeness (QED) is 0.280. The number of allylic oxidation sites excluding steroid dienone is 1. The number of furan rings is 1. The summed E-state index contributed by atoms with van der Waals surface area (Å²) in [5, 5.41) is 0.794. The molecule has 0 bridgehead atoms. The van der Waals surface area contributed by atoms with Gasteiger partial charge in [-0.1, -0.05) is 66.7 Å². The summed E-state index contributed by atoms with van der Waals surface area (Å²) in [6.07, 6.45) is 6.42. The second kappa shape index (κ2) is 10.2. The molecule has 5 rings (SSSR count). The average Bonchev–Trinajstić information content (AvgIpc) is 3.22. The van der Waals surface area contributed by atoms with Gasteiger partial charge in [-0.15, -0.1) is 0 Å². The SMILES string of the molecule is O=C(c1ccccc1)C(CCN1CC=C(c2cc(F)cc3ccoc23)CCC1)c1ccccc1. The lowest BCUT2D eigenvalue weighted by molar-refractivity contribution is 0.0948. The molecule has 3 nitrogen and oxygen atoms in total. The molecule has 1 aliphatic heterocycles. The number of hydrogen-bond acceptors (Lipinski definition) is 3. The van der Waals surface area contributed by atoms with Crippen molar-refractivity contribution in [3.63, 3.8) is 0 Å². The molecule has 1 aromatic heterocycles. The van der Waals surface area contributed by atoms with Crippen LogP contribution < -0.4 is 0 Å². The van der Waals surface area contributed by atoms with Gasteiger partial charge < -0.3 is 4.42 Å². The van der Waals surface area contributed by atoms with E-state index in [2.05, 4.69) is 11.0 Å². The molecule has 4 heteroatoms. The Morgan fingerprint density at radius 2 is 1.76 bits per heavy atom. The van der Waals surface area contributed by atoms with Crippen molar-refractivity contribution in [3.05, 3.63) is 114 Å². The summed E-state index contributed by atoms with van der Waals surface area (Å²) in [4.78, 5) is 15.8. The van der Waals surface area contributed by atoms with Crippen molar-refractivity contribution in [1.29, 1.82) is 0 Å². The van der Waals surface area contributed by atoms with E-state index in [1.165, 1.54) is 6.07 Å². The van der Waals surface area contributed by atoms with Gasteiger partial charge in [0.25, 0.3) is 0 Å². The van der Waals surface area contributed by atoms with Gasteiger partial charge in [0.05, 0.1) is 6.26 Å². The number of Topliss-reactive ketones (excluding diaryl/α,β-unsaturated/α-hetero) is 1. The van der Waals surface area contributed by atoms with Gasteiger partial charge in [0.2, 0.25) is 0 Å². The average molecular weight is 454 g/mol. The van der Waals surface area contributed by atoms with Crippen LogP contribution in [-0.4, -0.2) is 30.3 Å². The Hall–Kier alpha value is -3.50. The highest BCUT2D eigenvalue weighted by molar-refractivity contribution is 6.01. The van der Waals surface area contributed by atoms with Gasteiger partial charge in [-0.3, -0.25) is 9.69 Å². The van der Waals surface area contributed by atoms with E-state index < -0.39 is 0 Å². The largest absolute Gasteiger partial charge is 0.464 e. The molecule has 0 N–H and O–H groups in total. The number of benzene rings is 3. The van der Waals surface area contributed by atoms with Gasteiger partial charge in [-0.25, -0.2) is 4.39 Å². The van der Waals surface area contributed by atoms with Crippen molar-refractivity contribution in [3.8, 4) is 0 Å². The number of nitrogens with zero attached hydrogens (tertiary/aromatic N) is 1. The second-order valence-corrected chi connectivity index (χ2v) is 8.91. The van der Waals surface area contributed by atoms with Crippen molar-refractivity contribution in [2.24, 2.45) is 0 Å². The third-order valence-electron chi connectivity index (χ3n) is 6.69. The summed E-state index contributed by atoms with van der Waals surface area (Å²) >= 11 is 0. The zero-order valence-electron chi connectivity index (χ0n) is 19.1. The van der Waals surface area contributed by atoms with Crippen LogP contribution in [0.15, 0.2) is 95.6 Å². The minimum Gasteiger partial charge on any atom is -0.464 e. The van der Waals surface area contributed by atoms with Crippen molar-refractivity contribution in [2.45, 2.75) is 25.2 Å². The fourth-order valence-electron chi connectivity index (χ4n) is 4.91. The van der Waals surface area contributed by atoms with Gasteiger partial charge in [-0.2, -0.15) is 0 Å². The number of carbonyl (C=O) groups excluding carboxylic acids is 1. The first-order valence-corrected chi connectivity index (χ1v) is 11.9. The highest BCUT2D eigenvalue weighted by Crippen LogP contribution is 2.32. The maximum Gasteiger partial charge on any atom is 0.170 e. The highest BCUT2D eigenvalue weighted by Gasteiger charge is 2.23. The van der Waals surface area contributed by atoms with Crippen molar-refractivity contribution in [2.75, 3.05) is 19.6 Å². The molecule has 1 atom stereocenters. The van der Waals surface area contributed by atoms with E-state index in [-0.39, 0.29) is 17.5 Å². The monoisotopic (exact) mass is 453 g/mol. The van der Waals surface area contributed by atoms with E-state index in [0.29, 0.717) is 0 Å². The molecule has 3 aromatic carbocycles. The van der Waals surface area contributed by atoms with Crippen LogP contribution in [0.25, 0.3) is 16.5 Å². The van der Waals surface area contributed by atoms with Gasteiger partial charge >= 0.3 is 0 Å². The van der Waals surface area contributed by atoms with Gasteiger partial charge in [0.1, 0.15) is 11.4 Å². The molecule has 1 unspecified atom stereocenters. The van der Waals surface area contributed by atoms with E-state index in [4.69, 9.17) is 4.42 Å². The summed E-state index contributed by atoms with van der Waals surface area (Å²) in [7, 11) is 0. The predicted molar refractivity (Wildman–Crippen MR) is 134 cm³/mol. The van der Waals surface area contributed by atoms with E-state index in [1.807, 2.05) is 60.7 Å². The maximum atomic E-state index is 14.2. The fourth-order valence-corrected chi connectivity index (χ4v) is 4.91. The topological polar surface area (TPSA) is 33.5 Å². The van der Waals surface area contributed by atoms with Crippen LogP contribution in [0.1, 0.15) is 46.7 Å².